The summed E-state index contributed by atoms with van der Waals surface area (Å²) in [6.45, 7) is 0. The normalized spacial score (nSPS) is 8.09. The van der Waals surface area contributed by atoms with Gasteiger partial charge in [-0.25, -0.2) is 0 Å². The highest BCUT2D eigenvalue weighted by molar-refractivity contribution is 5.75. The Hall–Kier alpha value is -0.888. The highest BCUT2D eigenvalue weighted by Crippen LogP contribution is 2.24. The Labute approximate surface area is 74.4 Å². The molecule has 0 aliphatic rings. The van der Waals surface area contributed by atoms with Crippen molar-refractivity contribution in [2.24, 2.45) is 11.1 Å². The van der Waals surface area contributed by atoms with Gasteiger partial charge in [-0.1, -0.05) is 12.1 Å². The first kappa shape index (κ1) is 10.1. The predicted molar refractivity (Wildman–Crippen MR) is 42.5 cm³/mol. The quantitative estimate of drug-likeness (QED) is 0.403. The second kappa shape index (κ2) is 4.86. The monoisotopic (exact) mass is 165 g/mol. The molecule has 1 aromatic carbocycles. The molecule has 0 aliphatic heterocycles. The summed E-state index contributed by atoms with van der Waals surface area (Å²) in [6.07, 6.45) is 0. The Morgan fingerprint density at radius 3 is 2.45 bits per heavy atom. The zero-order chi connectivity index (χ0) is 7.40. The van der Waals surface area contributed by atoms with E-state index in [4.69, 9.17) is 5.90 Å². The zero-order valence-corrected chi connectivity index (χ0v) is 6.88. The summed E-state index contributed by atoms with van der Waals surface area (Å²) in [5.41, 5.74) is 0.213. The number of nitrogens with two attached hydrogens (primary N) is 1. The third kappa shape index (κ3) is 2.31. The average molecular weight is 165 g/mol. The van der Waals surface area contributed by atoms with E-state index in [-0.39, 0.29) is 28.8 Å². The lowest BCUT2D eigenvalue weighted by Gasteiger charge is -1.97. The van der Waals surface area contributed by atoms with E-state index < -0.39 is 0 Å². The highest BCUT2D eigenvalue weighted by Gasteiger charge is 1.98. The molecule has 55 valence electrons. The van der Waals surface area contributed by atoms with Crippen molar-refractivity contribution in [3.05, 3.63) is 29.2 Å². The average Bonchev–Trinajstić information content (AvgIpc) is 2.04. The van der Waals surface area contributed by atoms with Crippen LogP contribution in [0.2, 0.25) is 0 Å². The van der Waals surface area contributed by atoms with Crippen LogP contribution in [0.15, 0.2) is 29.4 Å². The number of hydrogen-bond donors (Lipinski definition) is 1. The van der Waals surface area contributed by atoms with Gasteiger partial charge in [0.15, 0.2) is 11.4 Å². The molecule has 0 aliphatic carbocycles. The molecule has 3 radical (unpaired) electrons. The number of benzene rings is 1. The summed E-state index contributed by atoms with van der Waals surface area (Å²) in [4.78, 5) is 14.3. The van der Waals surface area contributed by atoms with Gasteiger partial charge in [0.05, 0.1) is 0 Å². The standard InChI is InChI=1S/C6H6N2O2.Al/c7-10-6-4-2-1-3-5(6)8-9;/h1-4H,7H2;. The van der Waals surface area contributed by atoms with Gasteiger partial charge < -0.3 is 4.84 Å². The summed E-state index contributed by atoms with van der Waals surface area (Å²) < 4.78 is 0. The van der Waals surface area contributed by atoms with Crippen molar-refractivity contribution < 1.29 is 4.84 Å². The number of hydrogen-bond acceptors (Lipinski definition) is 4. The first-order chi connectivity index (χ1) is 4.88. The van der Waals surface area contributed by atoms with Crippen molar-refractivity contribution in [2.75, 3.05) is 0 Å². The van der Waals surface area contributed by atoms with Crippen LogP contribution in [0.1, 0.15) is 0 Å². The Morgan fingerprint density at radius 1 is 1.36 bits per heavy atom. The molecule has 0 aromatic heterocycles. The van der Waals surface area contributed by atoms with Crippen LogP contribution < -0.4 is 10.7 Å². The molecule has 0 heterocycles. The van der Waals surface area contributed by atoms with Gasteiger partial charge in [0.2, 0.25) is 0 Å². The van der Waals surface area contributed by atoms with Crippen molar-refractivity contribution in [3.63, 3.8) is 0 Å². The molecular formula is C6H6AlN2O2. The van der Waals surface area contributed by atoms with Crippen LogP contribution in [0, 0.1) is 4.91 Å². The molecule has 4 nitrogen and oxygen atoms in total. The first-order valence-electron chi connectivity index (χ1n) is 2.67. The number of rotatable bonds is 2. The number of nitroso groups, excluding NO2 is 1. The second-order valence-corrected chi connectivity index (χ2v) is 1.68. The third-order valence-corrected chi connectivity index (χ3v) is 1.09. The van der Waals surface area contributed by atoms with E-state index in [1.165, 1.54) is 6.07 Å². The van der Waals surface area contributed by atoms with Gasteiger partial charge in [-0.2, -0.15) is 5.90 Å². The molecule has 0 spiro atoms. The van der Waals surface area contributed by atoms with Gasteiger partial charge in [-0.3, -0.25) is 0 Å². The lowest BCUT2D eigenvalue weighted by Crippen LogP contribution is -2.01. The summed E-state index contributed by atoms with van der Waals surface area (Å²) in [5, 5.41) is 2.69. The summed E-state index contributed by atoms with van der Waals surface area (Å²) >= 11 is 0. The van der Waals surface area contributed by atoms with Crippen LogP contribution in [-0.4, -0.2) is 17.4 Å². The Kier molecular flexibility index (Phi) is 4.46. The summed E-state index contributed by atoms with van der Waals surface area (Å²) in [5.74, 6) is 5.12. The molecule has 1 aromatic rings. The molecule has 0 bridgehead atoms. The van der Waals surface area contributed by atoms with E-state index in [9.17, 15) is 4.91 Å². The maximum Gasteiger partial charge on any atom is 0.175 e. The largest absolute Gasteiger partial charge is 0.409 e. The van der Waals surface area contributed by atoms with Gasteiger partial charge in [-0.05, 0) is 17.3 Å². The molecule has 0 fully saturated rings. The maximum absolute atomic E-state index is 10.0. The smallest absolute Gasteiger partial charge is 0.175 e. The van der Waals surface area contributed by atoms with Crippen LogP contribution >= 0.6 is 0 Å². The van der Waals surface area contributed by atoms with Crippen LogP contribution in [0.4, 0.5) is 5.69 Å². The van der Waals surface area contributed by atoms with Gasteiger partial charge in [0.1, 0.15) is 0 Å². The van der Waals surface area contributed by atoms with Gasteiger partial charge in [-0.15, -0.1) is 4.91 Å². The lowest BCUT2D eigenvalue weighted by atomic mass is 10.3. The minimum Gasteiger partial charge on any atom is -0.409 e. The predicted octanol–water partition coefficient (Wildman–Crippen LogP) is 0.956. The molecule has 11 heavy (non-hydrogen) atoms. The lowest BCUT2D eigenvalue weighted by molar-refractivity contribution is 0.336. The molecule has 2 N–H and O–H groups in total. The van der Waals surface area contributed by atoms with E-state index >= 15 is 0 Å². The van der Waals surface area contributed by atoms with Crippen molar-refractivity contribution in [3.8, 4) is 5.75 Å². The fourth-order valence-corrected chi connectivity index (χ4v) is 0.632. The van der Waals surface area contributed by atoms with E-state index in [1.807, 2.05) is 0 Å². The van der Waals surface area contributed by atoms with Crippen LogP contribution in [0.5, 0.6) is 5.75 Å². The van der Waals surface area contributed by atoms with E-state index in [0.29, 0.717) is 0 Å². The van der Waals surface area contributed by atoms with E-state index in [0.717, 1.165) is 0 Å². The van der Waals surface area contributed by atoms with Gasteiger partial charge in [0, 0.05) is 17.4 Å². The van der Waals surface area contributed by atoms with Crippen molar-refractivity contribution in [1.82, 2.24) is 0 Å². The molecule has 1 rings (SSSR count). The Morgan fingerprint density at radius 2 is 2.00 bits per heavy atom. The zero-order valence-electron chi connectivity index (χ0n) is 5.73. The maximum atomic E-state index is 10.0. The Bertz CT molecular complexity index is 242. The molecule has 0 atom stereocenters. The minimum absolute atomic E-state index is 0. The fourth-order valence-electron chi connectivity index (χ4n) is 0.632. The molecule has 0 saturated carbocycles. The molecule has 5 heteroatoms. The molecule has 0 unspecified atom stereocenters. The van der Waals surface area contributed by atoms with Gasteiger partial charge in [0.25, 0.3) is 0 Å². The molecule has 0 amide bonds. The first-order valence-corrected chi connectivity index (χ1v) is 2.67. The molecule has 0 saturated heterocycles. The van der Waals surface area contributed by atoms with E-state index in [1.54, 1.807) is 18.2 Å². The van der Waals surface area contributed by atoms with Crippen LogP contribution in [0.25, 0.3) is 0 Å². The second-order valence-electron chi connectivity index (χ2n) is 1.68. The molecular weight excluding hydrogens is 159 g/mol. The summed E-state index contributed by atoms with van der Waals surface area (Å²) in [7, 11) is 0. The van der Waals surface area contributed by atoms with Crippen molar-refractivity contribution in [2.45, 2.75) is 0 Å². The van der Waals surface area contributed by atoms with Crippen LogP contribution in [-0.2, 0) is 0 Å². The minimum atomic E-state index is 0. The highest BCUT2D eigenvalue weighted by atomic mass is 27.0. The van der Waals surface area contributed by atoms with Gasteiger partial charge >= 0.3 is 0 Å². The topological polar surface area (TPSA) is 64.7 Å². The fraction of sp³-hybridized carbons (Fsp3) is 0. The van der Waals surface area contributed by atoms with Crippen LogP contribution in [0.3, 0.4) is 0 Å². The number of para-hydroxylation sites is 1. The van der Waals surface area contributed by atoms with Crippen molar-refractivity contribution in [1.29, 1.82) is 0 Å². The summed E-state index contributed by atoms with van der Waals surface area (Å²) in [6, 6.07) is 6.47. The van der Waals surface area contributed by atoms with Crippen molar-refractivity contribution >= 4 is 23.0 Å². The SMILES string of the molecule is NOc1ccccc1N=O.[Al]. The Balaban J connectivity index is 0.000001000. The number of nitrogens with zero attached hydrogens (tertiary/aromatic N) is 1. The van der Waals surface area contributed by atoms with E-state index in [2.05, 4.69) is 10.0 Å². The third-order valence-electron chi connectivity index (χ3n) is 1.09.